The van der Waals surface area contributed by atoms with Gasteiger partial charge in [-0.1, -0.05) is 12.1 Å². The quantitative estimate of drug-likeness (QED) is 0.461. The van der Waals surface area contributed by atoms with E-state index in [1.165, 1.54) is 24.3 Å². The first-order valence-electron chi connectivity index (χ1n) is 10.5. The molecule has 2 heterocycles. The van der Waals surface area contributed by atoms with Crippen LogP contribution < -0.4 is 10.1 Å². The second-order valence-corrected chi connectivity index (χ2v) is 9.79. The van der Waals surface area contributed by atoms with Gasteiger partial charge in [0.15, 0.2) is 0 Å². The SMILES string of the molecule is O=C(O)c1cccc(S(=O)(=O)c2ccc3c(c2)CC[C@H](CNC[C@@H](O)c2cccnc2)O3)c1. The first kappa shape index (κ1) is 22.9. The number of aromatic nitrogens is 1. The van der Waals surface area contributed by atoms with Crippen LogP contribution in [0.2, 0.25) is 0 Å². The number of nitrogens with one attached hydrogen (secondary N) is 1. The highest BCUT2D eigenvalue weighted by atomic mass is 32.2. The zero-order chi connectivity index (χ0) is 23.4. The maximum absolute atomic E-state index is 13.0. The summed E-state index contributed by atoms with van der Waals surface area (Å²) < 4.78 is 32.0. The Kier molecular flexibility index (Phi) is 6.73. The van der Waals surface area contributed by atoms with Gasteiger partial charge in [0.25, 0.3) is 0 Å². The van der Waals surface area contributed by atoms with Crippen molar-refractivity contribution < 1.29 is 28.2 Å². The molecule has 0 radical (unpaired) electrons. The minimum Gasteiger partial charge on any atom is -0.489 e. The van der Waals surface area contributed by atoms with Gasteiger partial charge in [-0.3, -0.25) is 4.98 Å². The summed E-state index contributed by atoms with van der Waals surface area (Å²) in [5.74, 6) is -0.558. The van der Waals surface area contributed by atoms with E-state index in [1.807, 2.05) is 6.07 Å². The molecule has 172 valence electrons. The number of hydrogen-bond donors (Lipinski definition) is 3. The van der Waals surface area contributed by atoms with Crippen molar-refractivity contribution in [2.45, 2.75) is 34.8 Å². The number of aryl methyl sites for hydroxylation is 1. The zero-order valence-corrected chi connectivity index (χ0v) is 18.5. The molecule has 0 aliphatic carbocycles. The third-order valence-corrected chi connectivity index (χ3v) is 7.29. The lowest BCUT2D eigenvalue weighted by Gasteiger charge is -2.27. The number of carbonyl (C=O) groups is 1. The molecule has 0 saturated heterocycles. The average Bonchev–Trinajstić information content (AvgIpc) is 2.84. The number of carboxylic acid groups (broad SMARTS) is 1. The summed E-state index contributed by atoms with van der Waals surface area (Å²) in [7, 11) is -3.86. The Labute approximate surface area is 191 Å². The van der Waals surface area contributed by atoms with Crippen molar-refractivity contribution in [3.63, 3.8) is 0 Å². The fourth-order valence-corrected chi connectivity index (χ4v) is 5.09. The minimum absolute atomic E-state index is 0.0617. The molecule has 2 aromatic carbocycles. The maximum Gasteiger partial charge on any atom is 0.335 e. The van der Waals surface area contributed by atoms with E-state index in [1.54, 1.807) is 30.6 Å². The monoisotopic (exact) mass is 468 g/mol. The number of carboxylic acids is 1. The number of aromatic carboxylic acids is 1. The van der Waals surface area contributed by atoms with Crippen molar-refractivity contribution in [3.05, 3.63) is 83.7 Å². The molecule has 0 spiro atoms. The number of sulfone groups is 1. The third-order valence-electron chi connectivity index (χ3n) is 5.54. The van der Waals surface area contributed by atoms with E-state index in [-0.39, 0.29) is 21.5 Å². The van der Waals surface area contributed by atoms with Gasteiger partial charge in [0.2, 0.25) is 9.84 Å². The number of nitrogens with zero attached hydrogens (tertiary/aromatic N) is 1. The van der Waals surface area contributed by atoms with Gasteiger partial charge in [-0.25, -0.2) is 13.2 Å². The fourth-order valence-electron chi connectivity index (χ4n) is 3.74. The van der Waals surface area contributed by atoms with Crippen LogP contribution in [0, 0.1) is 0 Å². The van der Waals surface area contributed by atoms with Crippen LogP contribution in [0.5, 0.6) is 5.75 Å². The van der Waals surface area contributed by atoms with Crippen LogP contribution in [-0.4, -0.2) is 48.8 Å². The summed E-state index contributed by atoms with van der Waals surface area (Å²) in [6.07, 6.45) is 3.85. The molecular formula is C24H24N2O6S. The van der Waals surface area contributed by atoms with Crippen molar-refractivity contribution in [3.8, 4) is 5.75 Å². The Morgan fingerprint density at radius 2 is 1.97 bits per heavy atom. The van der Waals surface area contributed by atoms with Gasteiger partial charge in [-0.05, 0) is 60.9 Å². The Morgan fingerprint density at radius 3 is 2.73 bits per heavy atom. The lowest BCUT2D eigenvalue weighted by Crippen LogP contribution is -2.36. The van der Waals surface area contributed by atoms with Gasteiger partial charge in [-0.15, -0.1) is 0 Å². The second-order valence-electron chi connectivity index (χ2n) is 7.84. The van der Waals surface area contributed by atoms with E-state index in [4.69, 9.17) is 9.84 Å². The third kappa shape index (κ3) is 5.22. The van der Waals surface area contributed by atoms with Gasteiger partial charge >= 0.3 is 5.97 Å². The first-order valence-corrected chi connectivity index (χ1v) is 12.0. The molecule has 8 nitrogen and oxygen atoms in total. The number of aliphatic hydroxyl groups is 1. The molecule has 0 bridgehead atoms. The summed E-state index contributed by atoms with van der Waals surface area (Å²) in [6.45, 7) is 0.907. The van der Waals surface area contributed by atoms with Crippen LogP contribution in [-0.2, 0) is 16.3 Å². The van der Waals surface area contributed by atoms with Crippen LogP contribution in [0.1, 0.15) is 34.0 Å². The molecule has 33 heavy (non-hydrogen) atoms. The van der Waals surface area contributed by atoms with Crippen LogP contribution in [0.25, 0.3) is 0 Å². The molecule has 3 N–H and O–H groups in total. The van der Waals surface area contributed by atoms with Crippen LogP contribution in [0.3, 0.4) is 0 Å². The Balaban J connectivity index is 1.40. The summed E-state index contributed by atoms with van der Waals surface area (Å²) >= 11 is 0. The maximum atomic E-state index is 13.0. The molecule has 1 aliphatic rings. The number of ether oxygens (including phenoxy) is 1. The molecule has 0 fully saturated rings. The van der Waals surface area contributed by atoms with Gasteiger partial charge in [0, 0.05) is 31.0 Å². The molecule has 3 aromatic rings. The van der Waals surface area contributed by atoms with E-state index < -0.39 is 21.9 Å². The van der Waals surface area contributed by atoms with Crippen molar-refractivity contribution in [1.82, 2.24) is 10.3 Å². The lowest BCUT2D eigenvalue weighted by molar-refractivity contribution is 0.0696. The Morgan fingerprint density at radius 1 is 1.15 bits per heavy atom. The summed E-state index contributed by atoms with van der Waals surface area (Å²) in [4.78, 5) is 15.2. The minimum atomic E-state index is -3.86. The standard InChI is InChI=1S/C24H24N2O6S/c27-22(18-4-2-10-25-13-18)15-26-14-19-7-6-16-11-21(8-9-23(16)32-19)33(30,31)20-5-1-3-17(12-20)24(28)29/h1-5,8-13,19,22,26-27H,6-7,14-15H2,(H,28,29)/t19-,22-/m1/s1. The number of hydrogen-bond acceptors (Lipinski definition) is 7. The highest BCUT2D eigenvalue weighted by Crippen LogP contribution is 2.32. The van der Waals surface area contributed by atoms with Gasteiger partial charge in [0.1, 0.15) is 11.9 Å². The highest BCUT2D eigenvalue weighted by molar-refractivity contribution is 7.91. The molecular weight excluding hydrogens is 444 g/mol. The molecule has 0 amide bonds. The predicted molar refractivity (Wildman–Crippen MR) is 120 cm³/mol. The van der Waals surface area contributed by atoms with Crippen molar-refractivity contribution in [1.29, 1.82) is 0 Å². The zero-order valence-electron chi connectivity index (χ0n) is 17.7. The van der Waals surface area contributed by atoms with Crippen LogP contribution in [0.15, 0.2) is 76.8 Å². The summed E-state index contributed by atoms with van der Waals surface area (Å²) in [6, 6.07) is 13.6. The molecule has 1 aliphatic heterocycles. The Hall–Kier alpha value is -3.27. The number of fused-ring (bicyclic) bond motifs is 1. The largest absolute Gasteiger partial charge is 0.489 e. The van der Waals surface area contributed by atoms with Crippen LogP contribution >= 0.6 is 0 Å². The van der Waals surface area contributed by atoms with E-state index in [0.717, 1.165) is 17.2 Å². The second kappa shape index (κ2) is 9.70. The van der Waals surface area contributed by atoms with E-state index in [9.17, 15) is 18.3 Å². The van der Waals surface area contributed by atoms with E-state index >= 15 is 0 Å². The fraction of sp³-hybridized carbons (Fsp3) is 0.250. The molecule has 4 rings (SSSR count). The number of pyridine rings is 1. The molecule has 0 saturated carbocycles. The molecule has 1 aromatic heterocycles. The topological polar surface area (TPSA) is 126 Å². The van der Waals surface area contributed by atoms with Crippen molar-refractivity contribution in [2.24, 2.45) is 0 Å². The van der Waals surface area contributed by atoms with E-state index in [2.05, 4.69) is 10.3 Å². The number of aliphatic hydroxyl groups excluding tert-OH is 1. The van der Waals surface area contributed by atoms with E-state index in [0.29, 0.717) is 31.7 Å². The summed E-state index contributed by atoms with van der Waals surface area (Å²) in [5, 5.41) is 22.6. The molecule has 2 atom stereocenters. The molecule has 0 unspecified atom stereocenters. The molecule has 9 heteroatoms. The van der Waals surface area contributed by atoms with Crippen molar-refractivity contribution >= 4 is 15.8 Å². The van der Waals surface area contributed by atoms with Crippen molar-refractivity contribution in [2.75, 3.05) is 13.1 Å². The normalized spacial score (nSPS) is 16.5. The van der Waals surface area contributed by atoms with Crippen LogP contribution in [0.4, 0.5) is 0 Å². The Bertz CT molecular complexity index is 1250. The van der Waals surface area contributed by atoms with Gasteiger partial charge in [0.05, 0.1) is 21.5 Å². The lowest BCUT2D eigenvalue weighted by atomic mass is 10.0. The average molecular weight is 469 g/mol. The number of rotatable bonds is 8. The van der Waals surface area contributed by atoms with Gasteiger partial charge in [-0.2, -0.15) is 0 Å². The first-order chi connectivity index (χ1) is 15.8. The smallest absolute Gasteiger partial charge is 0.335 e. The summed E-state index contributed by atoms with van der Waals surface area (Å²) in [5.41, 5.74) is 1.45. The highest BCUT2D eigenvalue weighted by Gasteiger charge is 2.24. The predicted octanol–water partition coefficient (Wildman–Crippen LogP) is 2.63. The van der Waals surface area contributed by atoms with Gasteiger partial charge < -0.3 is 20.3 Å². The number of benzene rings is 2.